The van der Waals surface area contributed by atoms with Gasteiger partial charge in [0.05, 0.1) is 17.7 Å². The number of nitrogens with zero attached hydrogens (tertiary/aromatic N) is 5. The molecular formula is C23H20N6O3. The first-order chi connectivity index (χ1) is 15.7. The number of aromatic amines is 1. The highest BCUT2D eigenvalue weighted by Gasteiger charge is 2.12. The lowest BCUT2D eigenvalue weighted by Gasteiger charge is -2.06. The van der Waals surface area contributed by atoms with Gasteiger partial charge in [-0.2, -0.15) is 10.1 Å². The Morgan fingerprint density at radius 1 is 0.969 bits per heavy atom. The normalized spacial score (nSPS) is 11.1. The van der Waals surface area contributed by atoms with Gasteiger partial charge in [0.1, 0.15) is 24.4 Å². The Balaban J connectivity index is 1.24. The number of aromatic nitrogens is 6. The summed E-state index contributed by atoms with van der Waals surface area (Å²) < 4.78 is 16.5. The standard InChI is InChI=1S/C23H20N6O3/c1-14-20(15(2)31-28-14)12-30-19-8-6-16(7-9-19)10-21-26-23(29-32-21)18-5-3-4-17(11-18)22-24-13-25-27-22/h3-9,11,13H,10,12H2,1-2H3,(H,24,25,27). The summed E-state index contributed by atoms with van der Waals surface area (Å²) in [6.45, 7) is 4.20. The van der Waals surface area contributed by atoms with E-state index in [2.05, 4.69) is 30.5 Å². The molecule has 3 heterocycles. The van der Waals surface area contributed by atoms with Crippen LogP contribution in [0.25, 0.3) is 22.8 Å². The van der Waals surface area contributed by atoms with Crippen LogP contribution in [0.4, 0.5) is 0 Å². The zero-order valence-electron chi connectivity index (χ0n) is 17.6. The van der Waals surface area contributed by atoms with Gasteiger partial charge in [-0.1, -0.05) is 40.6 Å². The van der Waals surface area contributed by atoms with Crippen molar-refractivity contribution in [3.05, 3.63) is 83.3 Å². The lowest BCUT2D eigenvalue weighted by Crippen LogP contribution is -1.98. The minimum atomic E-state index is 0.417. The Morgan fingerprint density at radius 3 is 2.56 bits per heavy atom. The van der Waals surface area contributed by atoms with Crippen LogP contribution in [-0.4, -0.2) is 30.5 Å². The van der Waals surface area contributed by atoms with Gasteiger partial charge in [0.15, 0.2) is 5.82 Å². The number of nitrogens with one attached hydrogen (secondary N) is 1. The molecule has 9 nitrogen and oxygen atoms in total. The lowest BCUT2D eigenvalue weighted by atomic mass is 10.1. The highest BCUT2D eigenvalue weighted by molar-refractivity contribution is 5.65. The number of benzene rings is 2. The quantitative estimate of drug-likeness (QED) is 0.408. The fourth-order valence-electron chi connectivity index (χ4n) is 3.34. The Morgan fingerprint density at radius 2 is 1.81 bits per heavy atom. The van der Waals surface area contributed by atoms with Crippen LogP contribution in [0.3, 0.4) is 0 Å². The molecule has 0 spiro atoms. The third-order valence-corrected chi connectivity index (χ3v) is 5.12. The molecule has 0 saturated heterocycles. The van der Waals surface area contributed by atoms with Gasteiger partial charge in [0.2, 0.25) is 11.7 Å². The Labute approximate surface area is 183 Å². The number of hydrogen-bond acceptors (Lipinski definition) is 8. The second-order valence-corrected chi connectivity index (χ2v) is 7.34. The number of rotatable bonds is 7. The lowest BCUT2D eigenvalue weighted by molar-refractivity contribution is 0.301. The molecule has 5 rings (SSSR count). The van der Waals surface area contributed by atoms with Crippen LogP contribution >= 0.6 is 0 Å². The first-order valence-electron chi connectivity index (χ1n) is 10.1. The zero-order valence-corrected chi connectivity index (χ0v) is 17.6. The highest BCUT2D eigenvalue weighted by Crippen LogP contribution is 2.23. The number of hydrogen-bond donors (Lipinski definition) is 1. The van der Waals surface area contributed by atoms with Crippen molar-refractivity contribution in [1.29, 1.82) is 0 Å². The van der Waals surface area contributed by atoms with E-state index >= 15 is 0 Å². The summed E-state index contributed by atoms with van der Waals surface area (Å²) in [5.41, 5.74) is 4.60. The van der Waals surface area contributed by atoms with Crippen molar-refractivity contribution in [1.82, 2.24) is 30.5 Å². The fourth-order valence-corrected chi connectivity index (χ4v) is 3.34. The highest BCUT2D eigenvalue weighted by atomic mass is 16.5. The van der Waals surface area contributed by atoms with Gasteiger partial charge in [0.25, 0.3) is 0 Å². The van der Waals surface area contributed by atoms with Gasteiger partial charge in [-0.05, 0) is 37.6 Å². The fraction of sp³-hybridized carbons (Fsp3) is 0.174. The van der Waals surface area contributed by atoms with E-state index < -0.39 is 0 Å². The minimum absolute atomic E-state index is 0.417. The van der Waals surface area contributed by atoms with E-state index in [1.54, 1.807) is 0 Å². The maximum Gasteiger partial charge on any atom is 0.231 e. The minimum Gasteiger partial charge on any atom is -0.489 e. The summed E-state index contributed by atoms with van der Waals surface area (Å²) in [6.07, 6.45) is 2.00. The molecule has 0 radical (unpaired) electrons. The summed E-state index contributed by atoms with van der Waals surface area (Å²) in [7, 11) is 0. The van der Waals surface area contributed by atoms with Crippen LogP contribution in [0.2, 0.25) is 0 Å². The molecular weight excluding hydrogens is 408 g/mol. The molecule has 0 bridgehead atoms. The van der Waals surface area contributed by atoms with E-state index in [0.717, 1.165) is 39.5 Å². The van der Waals surface area contributed by atoms with E-state index in [1.165, 1.54) is 6.33 Å². The summed E-state index contributed by atoms with van der Waals surface area (Å²) in [4.78, 5) is 8.71. The maximum atomic E-state index is 5.86. The van der Waals surface area contributed by atoms with Crippen molar-refractivity contribution < 1.29 is 13.8 Å². The first-order valence-corrected chi connectivity index (χ1v) is 10.1. The van der Waals surface area contributed by atoms with E-state index in [4.69, 9.17) is 13.8 Å². The second-order valence-electron chi connectivity index (χ2n) is 7.34. The molecule has 0 aliphatic carbocycles. The predicted octanol–water partition coefficient (Wildman–Crippen LogP) is 4.30. The Bertz CT molecular complexity index is 1300. The molecule has 160 valence electrons. The largest absolute Gasteiger partial charge is 0.489 e. The van der Waals surface area contributed by atoms with Gasteiger partial charge in [-0.3, -0.25) is 5.10 Å². The molecule has 0 aliphatic heterocycles. The van der Waals surface area contributed by atoms with Crippen molar-refractivity contribution >= 4 is 0 Å². The molecule has 0 atom stereocenters. The molecule has 3 aromatic heterocycles. The molecule has 2 aromatic carbocycles. The van der Waals surface area contributed by atoms with Gasteiger partial charge >= 0.3 is 0 Å². The molecule has 0 unspecified atom stereocenters. The van der Waals surface area contributed by atoms with Gasteiger partial charge < -0.3 is 13.8 Å². The van der Waals surface area contributed by atoms with Crippen LogP contribution in [-0.2, 0) is 13.0 Å². The van der Waals surface area contributed by atoms with Crippen LogP contribution in [0.5, 0.6) is 5.75 Å². The SMILES string of the molecule is Cc1noc(C)c1COc1ccc(Cc2nc(-c3cccc(-c4ncn[nH]4)c3)no2)cc1. The van der Waals surface area contributed by atoms with Crippen molar-refractivity contribution in [3.8, 4) is 28.5 Å². The molecule has 5 aromatic rings. The van der Waals surface area contributed by atoms with Crippen LogP contribution in [0.1, 0.15) is 28.5 Å². The molecule has 0 aliphatic rings. The molecule has 0 fully saturated rings. The Kier molecular flexibility index (Phi) is 5.20. The van der Waals surface area contributed by atoms with Gasteiger partial charge in [-0.25, -0.2) is 4.98 Å². The topological polar surface area (TPSA) is 116 Å². The average Bonchev–Trinajstić information content (AvgIpc) is 3.57. The average molecular weight is 428 g/mol. The summed E-state index contributed by atoms with van der Waals surface area (Å²) in [5, 5.41) is 14.8. The van der Waals surface area contributed by atoms with E-state index in [1.807, 2.05) is 62.4 Å². The molecule has 1 N–H and O–H groups in total. The van der Waals surface area contributed by atoms with E-state index in [0.29, 0.717) is 30.6 Å². The van der Waals surface area contributed by atoms with E-state index in [9.17, 15) is 0 Å². The second kappa shape index (κ2) is 8.46. The van der Waals surface area contributed by atoms with E-state index in [-0.39, 0.29) is 0 Å². The van der Waals surface area contributed by atoms with Crippen LogP contribution in [0.15, 0.2) is 63.9 Å². The number of ether oxygens (including phenoxy) is 1. The van der Waals surface area contributed by atoms with Crippen molar-refractivity contribution in [2.75, 3.05) is 0 Å². The summed E-state index contributed by atoms with van der Waals surface area (Å²) in [6, 6.07) is 15.6. The van der Waals surface area contributed by atoms with Crippen LogP contribution < -0.4 is 4.74 Å². The van der Waals surface area contributed by atoms with Crippen molar-refractivity contribution in [2.24, 2.45) is 0 Å². The van der Waals surface area contributed by atoms with Gasteiger partial charge in [0, 0.05) is 11.1 Å². The molecule has 32 heavy (non-hydrogen) atoms. The number of H-pyrrole nitrogens is 1. The molecule has 0 saturated carbocycles. The zero-order chi connectivity index (χ0) is 21.9. The van der Waals surface area contributed by atoms with Gasteiger partial charge in [-0.15, -0.1) is 0 Å². The predicted molar refractivity (Wildman–Crippen MR) is 115 cm³/mol. The Hall–Kier alpha value is -4.27. The third-order valence-electron chi connectivity index (χ3n) is 5.12. The number of aryl methyl sites for hydroxylation is 2. The van der Waals surface area contributed by atoms with Crippen LogP contribution in [0, 0.1) is 13.8 Å². The maximum absolute atomic E-state index is 5.86. The van der Waals surface area contributed by atoms with Crippen molar-refractivity contribution in [2.45, 2.75) is 26.9 Å². The monoisotopic (exact) mass is 428 g/mol. The molecule has 0 amide bonds. The molecule has 9 heteroatoms. The van der Waals surface area contributed by atoms with Crippen molar-refractivity contribution in [3.63, 3.8) is 0 Å². The third kappa shape index (κ3) is 4.13. The smallest absolute Gasteiger partial charge is 0.231 e. The summed E-state index contributed by atoms with van der Waals surface area (Å²) >= 11 is 0. The first kappa shape index (κ1) is 19.7. The summed E-state index contributed by atoms with van der Waals surface area (Å²) in [5.74, 6) is 3.30.